The average molecular weight is 253 g/mol. The number of aromatic nitrogens is 2. The second kappa shape index (κ2) is 4.31. The predicted molar refractivity (Wildman–Crippen MR) is 76.3 cm³/mol. The topological polar surface area (TPSA) is 52.5 Å². The summed E-state index contributed by atoms with van der Waals surface area (Å²) in [5.74, 6) is 1.48. The number of methoxy groups -OCH3 is 1. The van der Waals surface area contributed by atoms with Crippen molar-refractivity contribution in [3.8, 4) is 17.0 Å². The zero-order chi connectivity index (χ0) is 13.4. The van der Waals surface area contributed by atoms with Crippen molar-refractivity contribution in [3.05, 3.63) is 48.0 Å². The maximum Gasteiger partial charge on any atom is 0.125 e. The quantitative estimate of drug-likeness (QED) is 0.764. The zero-order valence-electron chi connectivity index (χ0n) is 10.9. The van der Waals surface area contributed by atoms with Crippen LogP contribution in [0.15, 0.2) is 42.5 Å². The number of anilines is 1. The Kier molecular flexibility index (Phi) is 2.63. The van der Waals surface area contributed by atoms with Crippen LogP contribution >= 0.6 is 0 Å². The van der Waals surface area contributed by atoms with Gasteiger partial charge in [-0.25, -0.2) is 4.52 Å². The largest absolute Gasteiger partial charge is 0.497 e. The van der Waals surface area contributed by atoms with Gasteiger partial charge in [-0.3, -0.25) is 0 Å². The van der Waals surface area contributed by atoms with Crippen molar-refractivity contribution < 1.29 is 4.74 Å². The van der Waals surface area contributed by atoms with Crippen molar-refractivity contribution in [1.29, 1.82) is 0 Å². The van der Waals surface area contributed by atoms with Crippen LogP contribution < -0.4 is 10.5 Å². The Labute approximate surface area is 111 Å². The molecule has 0 aliphatic carbocycles. The van der Waals surface area contributed by atoms with Gasteiger partial charge in [0, 0.05) is 11.1 Å². The van der Waals surface area contributed by atoms with Crippen LogP contribution in [0, 0.1) is 6.92 Å². The number of pyridine rings is 1. The summed E-state index contributed by atoms with van der Waals surface area (Å²) in [4.78, 5) is 0. The van der Waals surface area contributed by atoms with E-state index in [4.69, 9.17) is 10.5 Å². The predicted octanol–water partition coefficient (Wildman–Crippen LogP) is 2.90. The van der Waals surface area contributed by atoms with Gasteiger partial charge in [-0.05, 0) is 43.3 Å². The molecule has 96 valence electrons. The number of benzene rings is 1. The van der Waals surface area contributed by atoms with E-state index < -0.39 is 0 Å². The Balaban J connectivity index is 2.19. The third-order valence-corrected chi connectivity index (χ3v) is 3.30. The molecule has 2 heterocycles. The standard InChI is InChI=1S/C15H15N3O/c1-10-13-4-3-5-14(16)18(13)17-15(10)11-6-8-12(19-2)9-7-11/h3-9H,16H2,1-2H3. The van der Waals surface area contributed by atoms with E-state index >= 15 is 0 Å². The molecule has 0 saturated carbocycles. The molecule has 1 aromatic carbocycles. The van der Waals surface area contributed by atoms with Gasteiger partial charge in [0.2, 0.25) is 0 Å². The van der Waals surface area contributed by atoms with Crippen LogP contribution in [0.2, 0.25) is 0 Å². The smallest absolute Gasteiger partial charge is 0.125 e. The van der Waals surface area contributed by atoms with Crippen molar-refractivity contribution in [2.45, 2.75) is 6.92 Å². The van der Waals surface area contributed by atoms with E-state index in [1.165, 1.54) is 0 Å². The van der Waals surface area contributed by atoms with Crippen molar-refractivity contribution in [2.75, 3.05) is 12.8 Å². The van der Waals surface area contributed by atoms with E-state index in [1.54, 1.807) is 11.6 Å². The third-order valence-electron chi connectivity index (χ3n) is 3.30. The lowest BCUT2D eigenvalue weighted by atomic mass is 10.1. The first kappa shape index (κ1) is 11.6. The molecule has 0 spiro atoms. The van der Waals surface area contributed by atoms with Crippen LogP contribution in [-0.4, -0.2) is 16.7 Å². The molecule has 4 heteroatoms. The fourth-order valence-electron chi connectivity index (χ4n) is 2.23. The van der Waals surface area contributed by atoms with Crippen molar-refractivity contribution >= 4 is 11.3 Å². The maximum atomic E-state index is 5.94. The van der Waals surface area contributed by atoms with Crippen molar-refractivity contribution in [3.63, 3.8) is 0 Å². The summed E-state index contributed by atoms with van der Waals surface area (Å²) in [6.07, 6.45) is 0. The number of hydrogen-bond donors (Lipinski definition) is 1. The highest BCUT2D eigenvalue weighted by molar-refractivity contribution is 5.73. The highest BCUT2D eigenvalue weighted by Gasteiger charge is 2.11. The number of ether oxygens (including phenoxy) is 1. The van der Waals surface area contributed by atoms with Crippen molar-refractivity contribution in [2.24, 2.45) is 0 Å². The minimum Gasteiger partial charge on any atom is -0.497 e. The fourth-order valence-corrected chi connectivity index (χ4v) is 2.23. The summed E-state index contributed by atoms with van der Waals surface area (Å²) in [5, 5.41) is 4.59. The van der Waals surface area contributed by atoms with E-state index in [0.717, 1.165) is 28.1 Å². The Morgan fingerprint density at radius 2 is 1.84 bits per heavy atom. The zero-order valence-corrected chi connectivity index (χ0v) is 10.9. The summed E-state index contributed by atoms with van der Waals surface area (Å²) in [6.45, 7) is 2.06. The first-order chi connectivity index (χ1) is 9.20. The normalized spacial score (nSPS) is 10.8. The van der Waals surface area contributed by atoms with Gasteiger partial charge in [0.1, 0.15) is 11.6 Å². The summed E-state index contributed by atoms with van der Waals surface area (Å²) < 4.78 is 6.94. The van der Waals surface area contributed by atoms with Gasteiger partial charge in [0.05, 0.1) is 18.3 Å². The molecule has 2 N–H and O–H groups in total. The van der Waals surface area contributed by atoms with Crippen LogP contribution in [-0.2, 0) is 0 Å². The molecule has 3 aromatic rings. The summed E-state index contributed by atoms with van der Waals surface area (Å²) in [6, 6.07) is 13.7. The van der Waals surface area contributed by atoms with Crippen molar-refractivity contribution in [1.82, 2.24) is 9.61 Å². The van der Waals surface area contributed by atoms with Crippen LogP contribution in [0.3, 0.4) is 0 Å². The molecule has 0 aliphatic heterocycles. The molecule has 0 fully saturated rings. The first-order valence-electron chi connectivity index (χ1n) is 6.09. The molecule has 0 aliphatic rings. The molecular formula is C15H15N3O. The number of hydrogen-bond acceptors (Lipinski definition) is 3. The Morgan fingerprint density at radius 3 is 2.47 bits per heavy atom. The lowest BCUT2D eigenvalue weighted by Gasteiger charge is -2.01. The number of rotatable bonds is 2. The molecule has 0 radical (unpaired) electrons. The highest BCUT2D eigenvalue weighted by Crippen LogP contribution is 2.27. The lowest BCUT2D eigenvalue weighted by Crippen LogP contribution is -1.97. The van der Waals surface area contributed by atoms with Gasteiger partial charge >= 0.3 is 0 Å². The van der Waals surface area contributed by atoms with E-state index in [-0.39, 0.29) is 0 Å². The maximum absolute atomic E-state index is 5.94. The first-order valence-corrected chi connectivity index (χ1v) is 6.09. The highest BCUT2D eigenvalue weighted by atomic mass is 16.5. The van der Waals surface area contributed by atoms with Crippen LogP contribution in [0.5, 0.6) is 5.75 Å². The summed E-state index contributed by atoms with van der Waals surface area (Å²) in [5.41, 5.74) is 10.1. The molecule has 0 unspecified atom stereocenters. The van der Waals surface area contributed by atoms with Crippen LogP contribution in [0.4, 0.5) is 5.82 Å². The number of nitrogen functional groups attached to an aromatic ring is 1. The van der Waals surface area contributed by atoms with E-state index in [9.17, 15) is 0 Å². The van der Waals surface area contributed by atoms with Gasteiger partial charge in [0.25, 0.3) is 0 Å². The SMILES string of the molecule is COc1ccc(-c2nn3c(N)cccc3c2C)cc1. The molecule has 0 saturated heterocycles. The van der Waals surface area contributed by atoms with E-state index in [2.05, 4.69) is 12.0 Å². The molecule has 3 rings (SSSR count). The van der Waals surface area contributed by atoms with Gasteiger partial charge in [-0.1, -0.05) is 6.07 Å². The monoisotopic (exact) mass is 253 g/mol. The molecule has 19 heavy (non-hydrogen) atoms. The van der Waals surface area contributed by atoms with Gasteiger partial charge in [0.15, 0.2) is 0 Å². The molecule has 4 nitrogen and oxygen atoms in total. The second-order valence-corrected chi connectivity index (χ2v) is 4.45. The fraction of sp³-hybridized carbons (Fsp3) is 0.133. The lowest BCUT2D eigenvalue weighted by molar-refractivity contribution is 0.415. The van der Waals surface area contributed by atoms with Crippen LogP contribution in [0.25, 0.3) is 16.8 Å². The van der Waals surface area contributed by atoms with Crippen LogP contribution in [0.1, 0.15) is 5.56 Å². The summed E-state index contributed by atoms with van der Waals surface area (Å²) in [7, 11) is 1.66. The Hall–Kier alpha value is -2.49. The minimum absolute atomic E-state index is 0.639. The Morgan fingerprint density at radius 1 is 1.11 bits per heavy atom. The van der Waals surface area contributed by atoms with E-state index in [1.807, 2.05) is 42.5 Å². The number of fused-ring (bicyclic) bond motifs is 1. The molecule has 2 aromatic heterocycles. The second-order valence-electron chi connectivity index (χ2n) is 4.45. The summed E-state index contributed by atoms with van der Waals surface area (Å²) >= 11 is 0. The molecule has 0 atom stereocenters. The molecule has 0 amide bonds. The third kappa shape index (κ3) is 1.81. The number of nitrogens with zero attached hydrogens (tertiary/aromatic N) is 2. The Bertz CT molecular complexity index is 729. The number of aryl methyl sites for hydroxylation is 1. The van der Waals surface area contributed by atoms with Gasteiger partial charge < -0.3 is 10.5 Å². The molecular weight excluding hydrogens is 238 g/mol. The number of nitrogens with two attached hydrogens (primary N) is 1. The average Bonchev–Trinajstić information content (AvgIpc) is 2.78. The van der Waals surface area contributed by atoms with E-state index in [0.29, 0.717) is 5.82 Å². The minimum atomic E-state index is 0.639. The van der Waals surface area contributed by atoms with Gasteiger partial charge in [-0.15, -0.1) is 0 Å². The van der Waals surface area contributed by atoms with Gasteiger partial charge in [-0.2, -0.15) is 5.10 Å². The molecule has 0 bridgehead atoms.